The van der Waals surface area contributed by atoms with Crippen LogP contribution in [0.2, 0.25) is 0 Å². The van der Waals surface area contributed by atoms with Gasteiger partial charge in [-0.3, -0.25) is 5.10 Å². The molecule has 0 bridgehead atoms. The van der Waals surface area contributed by atoms with Crippen molar-refractivity contribution in [2.75, 3.05) is 20.8 Å². The highest BCUT2D eigenvalue weighted by Gasteiger charge is 2.14. The Labute approximate surface area is 116 Å². The highest BCUT2D eigenvalue weighted by Crippen LogP contribution is 2.32. The largest absolute Gasteiger partial charge is 0.496 e. The number of rotatable bonds is 5. The van der Waals surface area contributed by atoms with Gasteiger partial charge >= 0.3 is 5.97 Å². The molecule has 1 heterocycles. The Morgan fingerprint density at radius 1 is 1.30 bits per heavy atom. The molecule has 1 aromatic heterocycles. The van der Waals surface area contributed by atoms with Crippen LogP contribution >= 0.6 is 0 Å². The molecule has 0 aliphatic heterocycles. The van der Waals surface area contributed by atoms with Gasteiger partial charge < -0.3 is 14.2 Å². The summed E-state index contributed by atoms with van der Waals surface area (Å²) < 4.78 is 15.4. The van der Waals surface area contributed by atoms with E-state index in [0.29, 0.717) is 23.7 Å². The van der Waals surface area contributed by atoms with Crippen LogP contribution in [0.5, 0.6) is 11.5 Å². The third-order valence-electron chi connectivity index (χ3n) is 2.74. The molecule has 1 N–H and O–H groups in total. The molecule has 106 valence electrons. The Morgan fingerprint density at radius 3 is 2.75 bits per heavy atom. The molecule has 0 aliphatic rings. The zero-order valence-electron chi connectivity index (χ0n) is 11.6. The summed E-state index contributed by atoms with van der Waals surface area (Å²) in [5.74, 6) is 0.879. The van der Waals surface area contributed by atoms with Crippen molar-refractivity contribution >= 4 is 5.97 Å². The van der Waals surface area contributed by atoms with E-state index in [1.165, 1.54) is 7.11 Å². The first-order valence-electron chi connectivity index (χ1n) is 6.14. The fourth-order valence-corrected chi connectivity index (χ4v) is 1.81. The first kappa shape index (κ1) is 13.9. The maximum Gasteiger partial charge on any atom is 0.356 e. The Balaban J connectivity index is 2.36. The van der Waals surface area contributed by atoms with Crippen molar-refractivity contribution in [2.45, 2.75) is 6.92 Å². The quantitative estimate of drug-likeness (QED) is 0.848. The summed E-state index contributed by atoms with van der Waals surface area (Å²) in [6.07, 6.45) is 0. The van der Waals surface area contributed by atoms with Crippen LogP contribution in [0.25, 0.3) is 11.3 Å². The third kappa shape index (κ3) is 2.74. The van der Waals surface area contributed by atoms with E-state index in [-0.39, 0.29) is 0 Å². The third-order valence-corrected chi connectivity index (χ3v) is 2.74. The number of hydrogen-bond donors (Lipinski definition) is 1. The van der Waals surface area contributed by atoms with Gasteiger partial charge in [-0.25, -0.2) is 4.79 Å². The molecule has 0 spiro atoms. The van der Waals surface area contributed by atoms with E-state index in [1.54, 1.807) is 19.2 Å². The standard InChI is InChI=1S/C14H16N2O4/c1-4-20-9-5-6-10(13(7-9)18-2)11-8-12(16-15-11)14(17)19-3/h5-8H,4H2,1-3H3,(H,15,16). The molecule has 0 saturated heterocycles. The van der Waals surface area contributed by atoms with Gasteiger partial charge in [0, 0.05) is 11.6 Å². The number of benzene rings is 1. The number of aromatic nitrogens is 2. The van der Waals surface area contributed by atoms with E-state index in [2.05, 4.69) is 14.9 Å². The number of aromatic amines is 1. The molecular weight excluding hydrogens is 260 g/mol. The van der Waals surface area contributed by atoms with Crippen LogP contribution in [0.15, 0.2) is 24.3 Å². The lowest BCUT2D eigenvalue weighted by Gasteiger charge is -2.09. The smallest absolute Gasteiger partial charge is 0.356 e. The second-order valence-electron chi connectivity index (χ2n) is 3.95. The van der Waals surface area contributed by atoms with Gasteiger partial charge in [0.1, 0.15) is 17.2 Å². The molecule has 0 atom stereocenters. The lowest BCUT2D eigenvalue weighted by Crippen LogP contribution is -2.00. The van der Waals surface area contributed by atoms with Crippen molar-refractivity contribution in [1.29, 1.82) is 0 Å². The van der Waals surface area contributed by atoms with Crippen molar-refractivity contribution in [3.8, 4) is 22.8 Å². The normalized spacial score (nSPS) is 10.2. The maximum absolute atomic E-state index is 11.4. The highest BCUT2D eigenvalue weighted by atomic mass is 16.5. The molecule has 2 rings (SSSR count). The topological polar surface area (TPSA) is 73.4 Å². The molecule has 2 aromatic rings. The van der Waals surface area contributed by atoms with Gasteiger partial charge in [0.2, 0.25) is 0 Å². The van der Waals surface area contributed by atoms with Gasteiger partial charge in [0.25, 0.3) is 0 Å². The summed E-state index contributed by atoms with van der Waals surface area (Å²) in [4.78, 5) is 11.4. The van der Waals surface area contributed by atoms with E-state index in [9.17, 15) is 4.79 Å². The number of carbonyl (C=O) groups is 1. The summed E-state index contributed by atoms with van der Waals surface area (Å²) in [6, 6.07) is 7.06. The van der Waals surface area contributed by atoms with Crippen LogP contribution in [-0.2, 0) is 4.74 Å². The minimum Gasteiger partial charge on any atom is -0.496 e. The fraction of sp³-hybridized carbons (Fsp3) is 0.286. The van der Waals surface area contributed by atoms with Crippen LogP contribution in [0.4, 0.5) is 0 Å². The van der Waals surface area contributed by atoms with E-state index in [0.717, 1.165) is 11.3 Å². The molecule has 0 aliphatic carbocycles. The van der Waals surface area contributed by atoms with Crippen LogP contribution in [0.1, 0.15) is 17.4 Å². The molecule has 0 unspecified atom stereocenters. The maximum atomic E-state index is 11.4. The van der Waals surface area contributed by atoms with Crippen molar-refractivity contribution in [2.24, 2.45) is 0 Å². The Bertz CT molecular complexity index is 607. The molecular formula is C14H16N2O4. The Kier molecular flexibility index (Phi) is 4.24. The van der Waals surface area contributed by atoms with Crippen molar-refractivity contribution in [3.63, 3.8) is 0 Å². The number of nitrogens with zero attached hydrogens (tertiary/aromatic N) is 1. The monoisotopic (exact) mass is 276 g/mol. The van der Waals surface area contributed by atoms with E-state index < -0.39 is 5.97 Å². The number of nitrogens with one attached hydrogen (secondary N) is 1. The average Bonchev–Trinajstić information content (AvgIpc) is 2.96. The van der Waals surface area contributed by atoms with Crippen LogP contribution in [0, 0.1) is 0 Å². The predicted molar refractivity (Wildman–Crippen MR) is 73.1 cm³/mol. The van der Waals surface area contributed by atoms with Gasteiger partial charge in [-0.15, -0.1) is 0 Å². The SMILES string of the molecule is CCOc1ccc(-c2cc(C(=O)OC)[nH]n2)c(OC)c1. The number of H-pyrrole nitrogens is 1. The zero-order chi connectivity index (χ0) is 14.5. The molecule has 0 radical (unpaired) electrons. The number of hydrogen-bond acceptors (Lipinski definition) is 5. The average molecular weight is 276 g/mol. The second kappa shape index (κ2) is 6.10. The van der Waals surface area contributed by atoms with Gasteiger partial charge in [0.15, 0.2) is 0 Å². The molecule has 6 heteroatoms. The molecule has 6 nitrogen and oxygen atoms in total. The zero-order valence-corrected chi connectivity index (χ0v) is 11.6. The molecule has 20 heavy (non-hydrogen) atoms. The van der Waals surface area contributed by atoms with Crippen LogP contribution in [0.3, 0.4) is 0 Å². The fourth-order valence-electron chi connectivity index (χ4n) is 1.81. The number of esters is 1. The first-order chi connectivity index (χ1) is 9.69. The number of methoxy groups -OCH3 is 2. The summed E-state index contributed by atoms with van der Waals surface area (Å²) >= 11 is 0. The van der Waals surface area contributed by atoms with Crippen molar-refractivity contribution in [1.82, 2.24) is 10.2 Å². The van der Waals surface area contributed by atoms with Crippen LogP contribution in [-0.4, -0.2) is 37.0 Å². The minimum absolute atomic E-state index is 0.290. The van der Waals surface area contributed by atoms with E-state index in [4.69, 9.17) is 9.47 Å². The summed E-state index contributed by atoms with van der Waals surface area (Å²) in [7, 11) is 2.89. The van der Waals surface area contributed by atoms with E-state index >= 15 is 0 Å². The second-order valence-corrected chi connectivity index (χ2v) is 3.95. The highest BCUT2D eigenvalue weighted by molar-refractivity contribution is 5.88. The van der Waals surface area contributed by atoms with Gasteiger partial charge in [0.05, 0.1) is 26.5 Å². The molecule has 0 fully saturated rings. The minimum atomic E-state index is -0.464. The molecule has 1 aromatic carbocycles. The Hall–Kier alpha value is -2.50. The van der Waals surface area contributed by atoms with Crippen LogP contribution < -0.4 is 9.47 Å². The predicted octanol–water partition coefficient (Wildman–Crippen LogP) is 2.27. The Morgan fingerprint density at radius 2 is 2.10 bits per heavy atom. The van der Waals surface area contributed by atoms with Gasteiger partial charge in [-0.05, 0) is 25.1 Å². The number of ether oxygens (including phenoxy) is 3. The van der Waals surface area contributed by atoms with Gasteiger partial charge in [-0.2, -0.15) is 5.10 Å². The number of carbonyl (C=O) groups excluding carboxylic acids is 1. The van der Waals surface area contributed by atoms with Crippen molar-refractivity contribution < 1.29 is 19.0 Å². The summed E-state index contributed by atoms with van der Waals surface area (Å²) in [5.41, 5.74) is 1.66. The first-order valence-corrected chi connectivity index (χ1v) is 6.14. The summed E-state index contributed by atoms with van der Waals surface area (Å²) in [6.45, 7) is 2.49. The molecule has 0 amide bonds. The van der Waals surface area contributed by atoms with Crippen molar-refractivity contribution in [3.05, 3.63) is 30.0 Å². The lowest BCUT2D eigenvalue weighted by atomic mass is 10.1. The molecule has 0 saturated carbocycles. The van der Waals surface area contributed by atoms with E-state index in [1.807, 2.05) is 19.1 Å². The van der Waals surface area contributed by atoms with Gasteiger partial charge in [-0.1, -0.05) is 0 Å². The lowest BCUT2D eigenvalue weighted by molar-refractivity contribution is 0.0594. The summed E-state index contributed by atoms with van der Waals surface area (Å²) in [5, 5.41) is 6.73.